The number of nitrogens with two attached hydrogens (primary N) is 1. The summed E-state index contributed by atoms with van der Waals surface area (Å²) < 4.78 is 0. The highest BCUT2D eigenvalue weighted by molar-refractivity contribution is 5.85. The average Bonchev–Trinajstić information content (AvgIpc) is 2.63. The number of hydrogen-bond donors (Lipinski definition) is 3. The largest absolute Gasteiger partial charge is 0.352 e. The molecule has 5 atom stereocenters. The highest BCUT2D eigenvalue weighted by Crippen LogP contribution is 2.41. The molecule has 4 N–H and O–H groups in total. The lowest BCUT2D eigenvalue weighted by Gasteiger charge is -2.16. The van der Waals surface area contributed by atoms with Gasteiger partial charge in [0.15, 0.2) is 0 Å². The number of carbonyl (C=O) groups is 1. The Bertz CT molecular complexity index is 237. The number of nitrogens with one attached hydrogen (secondary N) is 2. The van der Waals surface area contributed by atoms with Crippen molar-refractivity contribution >= 4 is 18.3 Å². The summed E-state index contributed by atoms with van der Waals surface area (Å²) in [6, 6.07) is 0.358. The Hall–Kier alpha value is -0.320. The van der Waals surface area contributed by atoms with Crippen LogP contribution in [0.15, 0.2) is 0 Å². The summed E-state index contributed by atoms with van der Waals surface area (Å²) in [5.41, 5.74) is 5.68. The van der Waals surface area contributed by atoms with Crippen molar-refractivity contribution in [2.24, 2.45) is 23.5 Å². The topological polar surface area (TPSA) is 67.2 Å². The highest BCUT2D eigenvalue weighted by atomic mass is 35.5. The molecule has 5 heteroatoms. The van der Waals surface area contributed by atoms with E-state index in [0.717, 1.165) is 13.1 Å². The number of halogens is 1. The molecule has 88 valence electrons. The Morgan fingerprint density at radius 3 is 2.40 bits per heavy atom. The van der Waals surface area contributed by atoms with Crippen molar-refractivity contribution in [2.75, 3.05) is 13.1 Å². The zero-order chi connectivity index (χ0) is 10.3. The van der Waals surface area contributed by atoms with Crippen LogP contribution in [0.1, 0.15) is 13.8 Å². The summed E-state index contributed by atoms with van der Waals surface area (Å²) in [4.78, 5) is 11.7. The van der Waals surface area contributed by atoms with E-state index in [0.29, 0.717) is 17.9 Å². The molecule has 2 rings (SSSR count). The second-order valence-electron chi connectivity index (χ2n) is 4.67. The molecule has 1 heterocycles. The second kappa shape index (κ2) is 4.68. The summed E-state index contributed by atoms with van der Waals surface area (Å²) in [5, 5.41) is 6.38. The van der Waals surface area contributed by atoms with Crippen LogP contribution in [-0.4, -0.2) is 31.1 Å². The monoisotopic (exact) mass is 233 g/mol. The van der Waals surface area contributed by atoms with E-state index in [9.17, 15) is 4.79 Å². The first-order chi connectivity index (χ1) is 6.61. The first kappa shape index (κ1) is 12.7. The van der Waals surface area contributed by atoms with Gasteiger partial charge >= 0.3 is 0 Å². The van der Waals surface area contributed by atoms with E-state index in [2.05, 4.69) is 10.6 Å². The standard InChI is InChI=1S/C10H19N3O.ClH/c1-5(6(2)11)10(14)13-9-7-3-12-4-8(7)9;/h5-9,12H,3-4,11H2,1-2H3,(H,13,14);1H/t5?,6?,7-,8+,9?;. The maximum absolute atomic E-state index is 11.7. The van der Waals surface area contributed by atoms with Gasteiger partial charge in [0.1, 0.15) is 0 Å². The minimum atomic E-state index is -0.0794. The third kappa shape index (κ3) is 2.44. The van der Waals surface area contributed by atoms with Gasteiger partial charge in [0, 0.05) is 31.1 Å². The number of amides is 1. The zero-order valence-corrected chi connectivity index (χ0v) is 10.0. The normalized spacial score (nSPS) is 36.1. The third-order valence-electron chi connectivity index (χ3n) is 3.60. The Morgan fingerprint density at radius 2 is 1.93 bits per heavy atom. The van der Waals surface area contributed by atoms with E-state index in [-0.39, 0.29) is 30.3 Å². The number of carbonyl (C=O) groups excluding carboxylic acids is 1. The first-order valence-corrected chi connectivity index (χ1v) is 5.38. The fourth-order valence-electron chi connectivity index (χ4n) is 2.17. The molecule has 2 aliphatic rings. The molecule has 2 fully saturated rings. The van der Waals surface area contributed by atoms with Crippen LogP contribution in [0.4, 0.5) is 0 Å². The summed E-state index contributed by atoms with van der Waals surface area (Å²) in [7, 11) is 0. The van der Waals surface area contributed by atoms with E-state index < -0.39 is 0 Å². The fourth-order valence-corrected chi connectivity index (χ4v) is 2.17. The van der Waals surface area contributed by atoms with E-state index >= 15 is 0 Å². The Balaban J connectivity index is 0.00000112. The van der Waals surface area contributed by atoms with Gasteiger partial charge in [-0.25, -0.2) is 0 Å². The van der Waals surface area contributed by atoms with Crippen LogP contribution in [-0.2, 0) is 4.79 Å². The van der Waals surface area contributed by atoms with Crippen molar-refractivity contribution in [3.63, 3.8) is 0 Å². The van der Waals surface area contributed by atoms with Gasteiger partial charge in [-0.15, -0.1) is 12.4 Å². The molecule has 1 saturated heterocycles. The predicted octanol–water partition coefficient (Wildman–Crippen LogP) is -0.274. The number of hydrogen-bond acceptors (Lipinski definition) is 3. The third-order valence-corrected chi connectivity index (χ3v) is 3.60. The molecule has 1 aliphatic carbocycles. The molecule has 0 bridgehead atoms. The summed E-state index contributed by atoms with van der Waals surface area (Å²) in [6.07, 6.45) is 0. The Labute approximate surface area is 96.8 Å². The molecule has 1 aliphatic heterocycles. The second-order valence-corrected chi connectivity index (χ2v) is 4.67. The number of rotatable bonds is 3. The van der Waals surface area contributed by atoms with Crippen molar-refractivity contribution in [2.45, 2.75) is 25.9 Å². The number of piperidine rings is 1. The lowest BCUT2D eigenvalue weighted by molar-refractivity contribution is -0.125. The fraction of sp³-hybridized carbons (Fsp3) is 0.900. The maximum atomic E-state index is 11.7. The molecule has 3 unspecified atom stereocenters. The van der Waals surface area contributed by atoms with Gasteiger partial charge in [-0.3, -0.25) is 4.79 Å². The summed E-state index contributed by atoms with van der Waals surface area (Å²) in [6.45, 7) is 5.88. The van der Waals surface area contributed by atoms with Crippen molar-refractivity contribution in [3.8, 4) is 0 Å². The Morgan fingerprint density at radius 1 is 1.40 bits per heavy atom. The van der Waals surface area contributed by atoms with Crippen molar-refractivity contribution < 1.29 is 4.79 Å². The number of fused-ring (bicyclic) bond motifs is 1. The molecular weight excluding hydrogens is 214 g/mol. The van der Waals surface area contributed by atoms with Crippen LogP contribution in [0, 0.1) is 17.8 Å². The molecule has 0 radical (unpaired) electrons. The van der Waals surface area contributed by atoms with Gasteiger partial charge in [-0.1, -0.05) is 6.92 Å². The Kier molecular flexibility index (Phi) is 3.98. The molecule has 0 aromatic rings. The van der Waals surface area contributed by atoms with Crippen LogP contribution in [0.5, 0.6) is 0 Å². The van der Waals surface area contributed by atoms with Crippen molar-refractivity contribution in [3.05, 3.63) is 0 Å². The zero-order valence-electron chi connectivity index (χ0n) is 9.19. The summed E-state index contributed by atoms with van der Waals surface area (Å²) >= 11 is 0. The summed E-state index contributed by atoms with van der Waals surface area (Å²) in [5.74, 6) is 1.39. The molecule has 0 spiro atoms. The SMILES string of the molecule is CC(N)C(C)C(=O)NC1[C@H]2CNC[C@@H]12.Cl. The molecule has 0 aromatic carbocycles. The average molecular weight is 234 g/mol. The van der Waals surface area contributed by atoms with Crippen LogP contribution in [0.2, 0.25) is 0 Å². The maximum Gasteiger partial charge on any atom is 0.224 e. The predicted molar refractivity (Wildman–Crippen MR) is 61.8 cm³/mol. The molecular formula is C10H20ClN3O. The lowest BCUT2D eigenvalue weighted by atomic mass is 10.0. The van der Waals surface area contributed by atoms with Crippen LogP contribution in [0.3, 0.4) is 0 Å². The molecule has 0 aromatic heterocycles. The molecule has 1 amide bonds. The molecule has 15 heavy (non-hydrogen) atoms. The van der Waals surface area contributed by atoms with Gasteiger partial charge in [0.05, 0.1) is 0 Å². The molecule has 4 nitrogen and oxygen atoms in total. The first-order valence-electron chi connectivity index (χ1n) is 5.38. The van der Waals surface area contributed by atoms with Crippen LogP contribution >= 0.6 is 12.4 Å². The van der Waals surface area contributed by atoms with Gasteiger partial charge < -0.3 is 16.4 Å². The van der Waals surface area contributed by atoms with Crippen molar-refractivity contribution in [1.82, 2.24) is 10.6 Å². The van der Waals surface area contributed by atoms with E-state index in [1.807, 2.05) is 13.8 Å². The van der Waals surface area contributed by atoms with Crippen LogP contribution < -0.4 is 16.4 Å². The lowest BCUT2D eigenvalue weighted by Crippen LogP contribution is -2.41. The van der Waals surface area contributed by atoms with Gasteiger partial charge in [-0.05, 0) is 18.8 Å². The van der Waals surface area contributed by atoms with Gasteiger partial charge in [0.2, 0.25) is 5.91 Å². The minimum Gasteiger partial charge on any atom is -0.352 e. The van der Waals surface area contributed by atoms with E-state index in [1.165, 1.54) is 0 Å². The van der Waals surface area contributed by atoms with E-state index in [4.69, 9.17) is 5.73 Å². The van der Waals surface area contributed by atoms with Gasteiger partial charge in [0.25, 0.3) is 0 Å². The quantitative estimate of drug-likeness (QED) is 0.629. The smallest absolute Gasteiger partial charge is 0.224 e. The van der Waals surface area contributed by atoms with Crippen molar-refractivity contribution in [1.29, 1.82) is 0 Å². The highest BCUT2D eigenvalue weighted by Gasteiger charge is 2.53. The molecule has 1 saturated carbocycles. The van der Waals surface area contributed by atoms with E-state index in [1.54, 1.807) is 0 Å². The van der Waals surface area contributed by atoms with Crippen LogP contribution in [0.25, 0.3) is 0 Å². The van der Waals surface area contributed by atoms with Gasteiger partial charge in [-0.2, -0.15) is 0 Å². The minimum absolute atomic E-state index is 0.